The Morgan fingerprint density at radius 1 is 0.929 bits per heavy atom. The van der Waals surface area contributed by atoms with Gasteiger partial charge in [-0.25, -0.2) is 9.97 Å². The lowest BCUT2D eigenvalue weighted by molar-refractivity contribution is 0.0902. The van der Waals surface area contributed by atoms with Crippen LogP contribution in [0, 0.1) is 6.92 Å². The second-order valence-corrected chi connectivity index (χ2v) is 7.31. The third-order valence-corrected chi connectivity index (χ3v) is 4.77. The van der Waals surface area contributed by atoms with Crippen LogP contribution in [-0.4, -0.2) is 20.8 Å². The van der Waals surface area contributed by atoms with E-state index in [4.69, 9.17) is 0 Å². The monoisotopic (exact) mass is 369 g/mol. The maximum atomic E-state index is 10.9. The van der Waals surface area contributed by atoms with Crippen LogP contribution in [0.25, 0.3) is 22.0 Å². The first-order valence-corrected chi connectivity index (χ1v) is 9.37. The molecule has 0 spiro atoms. The summed E-state index contributed by atoms with van der Waals surface area (Å²) in [4.78, 5) is 9.14. The van der Waals surface area contributed by atoms with Crippen molar-refractivity contribution in [2.24, 2.45) is 0 Å². The number of hydrogen-bond donors (Lipinski definition) is 2. The number of nitrogens with zero attached hydrogens (tertiary/aromatic N) is 2. The van der Waals surface area contributed by atoms with Crippen LogP contribution in [-0.2, 0) is 6.42 Å². The van der Waals surface area contributed by atoms with E-state index in [0.717, 1.165) is 22.5 Å². The molecule has 0 radical (unpaired) electrons. The highest BCUT2D eigenvalue weighted by Crippen LogP contribution is 2.23. The van der Waals surface area contributed by atoms with E-state index < -0.39 is 5.72 Å². The van der Waals surface area contributed by atoms with Crippen LogP contribution in [0.1, 0.15) is 18.2 Å². The van der Waals surface area contributed by atoms with Crippen molar-refractivity contribution in [2.75, 3.05) is 5.32 Å². The van der Waals surface area contributed by atoms with Gasteiger partial charge in [-0.1, -0.05) is 72.8 Å². The van der Waals surface area contributed by atoms with E-state index in [0.29, 0.717) is 12.2 Å². The molecule has 4 nitrogen and oxygen atoms in total. The minimum atomic E-state index is -1.14. The van der Waals surface area contributed by atoms with Crippen LogP contribution in [0.15, 0.2) is 79.0 Å². The van der Waals surface area contributed by atoms with Crippen molar-refractivity contribution in [3.63, 3.8) is 0 Å². The molecule has 0 fully saturated rings. The molecule has 3 aromatic carbocycles. The van der Waals surface area contributed by atoms with Gasteiger partial charge in [0, 0.05) is 12.0 Å². The molecule has 28 heavy (non-hydrogen) atoms. The van der Waals surface area contributed by atoms with Crippen LogP contribution < -0.4 is 5.32 Å². The molecule has 0 bridgehead atoms. The van der Waals surface area contributed by atoms with E-state index in [-0.39, 0.29) is 0 Å². The van der Waals surface area contributed by atoms with Gasteiger partial charge in [-0.3, -0.25) is 0 Å². The van der Waals surface area contributed by atoms with E-state index in [9.17, 15) is 5.11 Å². The SMILES string of the molecule is Cc1nc(-c2ccccc2)cnc1N[C@](C)(O)Cc1ccc2ccccc2c1. The Hall–Kier alpha value is -3.24. The van der Waals surface area contributed by atoms with Crippen molar-refractivity contribution in [3.8, 4) is 11.3 Å². The first-order chi connectivity index (χ1) is 13.5. The van der Waals surface area contributed by atoms with E-state index in [1.165, 1.54) is 10.8 Å². The molecule has 0 saturated carbocycles. The van der Waals surface area contributed by atoms with Crippen molar-refractivity contribution in [1.29, 1.82) is 0 Å². The highest BCUT2D eigenvalue weighted by Gasteiger charge is 2.22. The number of nitrogens with one attached hydrogen (secondary N) is 1. The number of rotatable bonds is 5. The van der Waals surface area contributed by atoms with Crippen molar-refractivity contribution in [2.45, 2.75) is 26.0 Å². The van der Waals surface area contributed by atoms with E-state index in [1.54, 1.807) is 13.1 Å². The Morgan fingerprint density at radius 3 is 2.39 bits per heavy atom. The Balaban J connectivity index is 1.53. The van der Waals surface area contributed by atoms with E-state index >= 15 is 0 Å². The first kappa shape index (κ1) is 18.1. The van der Waals surface area contributed by atoms with E-state index in [2.05, 4.69) is 45.6 Å². The largest absolute Gasteiger partial charge is 0.371 e. The van der Waals surface area contributed by atoms with Gasteiger partial charge in [0.2, 0.25) is 0 Å². The normalized spacial score (nSPS) is 13.2. The number of aliphatic hydroxyl groups is 1. The lowest BCUT2D eigenvalue weighted by atomic mass is 10.0. The molecule has 0 saturated heterocycles. The van der Waals surface area contributed by atoms with Gasteiger partial charge in [0.25, 0.3) is 0 Å². The minimum Gasteiger partial charge on any atom is -0.371 e. The molecule has 1 aromatic heterocycles. The summed E-state index contributed by atoms with van der Waals surface area (Å²) in [6.45, 7) is 3.66. The maximum Gasteiger partial charge on any atom is 0.149 e. The number of fused-ring (bicyclic) bond motifs is 1. The molecule has 0 aliphatic carbocycles. The topological polar surface area (TPSA) is 58.0 Å². The molecular formula is C24H23N3O. The number of aryl methyl sites for hydroxylation is 1. The third kappa shape index (κ3) is 4.02. The molecule has 140 valence electrons. The highest BCUT2D eigenvalue weighted by atomic mass is 16.3. The molecular weight excluding hydrogens is 346 g/mol. The molecule has 1 heterocycles. The molecule has 0 unspecified atom stereocenters. The van der Waals surface area contributed by atoms with E-state index in [1.807, 2.05) is 49.4 Å². The fraction of sp³-hybridized carbons (Fsp3) is 0.167. The summed E-state index contributed by atoms with van der Waals surface area (Å²) in [6.07, 6.45) is 2.19. The summed E-state index contributed by atoms with van der Waals surface area (Å²) < 4.78 is 0. The molecule has 4 aromatic rings. The smallest absolute Gasteiger partial charge is 0.149 e. The molecule has 2 N–H and O–H groups in total. The van der Waals surface area contributed by atoms with Crippen molar-refractivity contribution in [1.82, 2.24) is 9.97 Å². The summed E-state index contributed by atoms with van der Waals surface area (Å²) in [5.74, 6) is 0.588. The quantitative estimate of drug-likeness (QED) is 0.488. The predicted molar refractivity (Wildman–Crippen MR) is 114 cm³/mol. The zero-order chi connectivity index (χ0) is 19.6. The zero-order valence-corrected chi connectivity index (χ0v) is 16.1. The van der Waals surface area contributed by atoms with Gasteiger partial charge in [-0.2, -0.15) is 0 Å². The summed E-state index contributed by atoms with van der Waals surface area (Å²) in [5, 5.41) is 16.4. The molecule has 4 heteroatoms. The number of hydrogen-bond acceptors (Lipinski definition) is 4. The lowest BCUT2D eigenvalue weighted by Gasteiger charge is -2.26. The van der Waals surface area contributed by atoms with Crippen molar-refractivity contribution in [3.05, 3.63) is 90.3 Å². The lowest BCUT2D eigenvalue weighted by Crippen LogP contribution is -2.37. The second-order valence-electron chi connectivity index (χ2n) is 7.31. The number of anilines is 1. The van der Waals surface area contributed by atoms with Gasteiger partial charge < -0.3 is 10.4 Å². The summed E-state index contributed by atoms with van der Waals surface area (Å²) in [5.41, 5.74) is 2.50. The van der Waals surface area contributed by atoms with Gasteiger partial charge in [0.05, 0.1) is 17.6 Å². The Morgan fingerprint density at radius 2 is 1.64 bits per heavy atom. The van der Waals surface area contributed by atoms with Gasteiger partial charge >= 0.3 is 0 Å². The maximum absolute atomic E-state index is 10.9. The van der Waals surface area contributed by atoms with Crippen LogP contribution in [0.2, 0.25) is 0 Å². The van der Waals surface area contributed by atoms with Gasteiger partial charge in [0.15, 0.2) is 0 Å². The standard InChI is InChI=1S/C24H23N3O/c1-17-23(25-16-22(26-17)20-9-4-3-5-10-20)27-24(2,28)15-18-12-13-19-8-6-7-11-21(19)14-18/h3-14,16,28H,15H2,1-2H3,(H,25,27)/t24-/m1/s1. The molecule has 1 atom stereocenters. The summed E-state index contributed by atoms with van der Waals surface area (Å²) >= 11 is 0. The van der Waals surface area contributed by atoms with Crippen LogP contribution >= 0.6 is 0 Å². The van der Waals surface area contributed by atoms with Gasteiger partial charge in [0.1, 0.15) is 11.5 Å². The van der Waals surface area contributed by atoms with Crippen LogP contribution in [0.4, 0.5) is 5.82 Å². The number of aromatic nitrogens is 2. The van der Waals surface area contributed by atoms with Crippen molar-refractivity contribution < 1.29 is 5.11 Å². The molecule has 0 aliphatic heterocycles. The predicted octanol–water partition coefficient (Wildman–Crippen LogP) is 4.97. The molecule has 0 aliphatic rings. The van der Waals surface area contributed by atoms with Gasteiger partial charge in [-0.15, -0.1) is 0 Å². The molecule has 4 rings (SSSR count). The Labute approximate surface area is 164 Å². The molecule has 0 amide bonds. The minimum absolute atomic E-state index is 0.458. The third-order valence-electron chi connectivity index (χ3n) is 4.77. The summed E-state index contributed by atoms with van der Waals surface area (Å²) in [6, 6.07) is 24.4. The first-order valence-electron chi connectivity index (χ1n) is 9.37. The summed E-state index contributed by atoms with van der Waals surface area (Å²) in [7, 11) is 0. The second kappa shape index (κ2) is 7.41. The van der Waals surface area contributed by atoms with Gasteiger partial charge in [-0.05, 0) is 30.2 Å². The fourth-order valence-corrected chi connectivity index (χ4v) is 3.40. The average molecular weight is 369 g/mol. The zero-order valence-electron chi connectivity index (χ0n) is 16.1. The Bertz CT molecular complexity index is 1110. The van der Waals surface area contributed by atoms with Crippen LogP contribution in [0.5, 0.6) is 0 Å². The van der Waals surface area contributed by atoms with Crippen LogP contribution in [0.3, 0.4) is 0 Å². The number of benzene rings is 3. The Kier molecular flexibility index (Phi) is 4.80. The average Bonchev–Trinajstić information content (AvgIpc) is 2.69. The van der Waals surface area contributed by atoms with Crippen molar-refractivity contribution >= 4 is 16.6 Å². The fourth-order valence-electron chi connectivity index (χ4n) is 3.40. The highest BCUT2D eigenvalue weighted by molar-refractivity contribution is 5.83.